The summed E-state index contributed by atoms with van der Waals surface area (Å²) in [6.45, 7) is 9.16. The second-order valence-corrected chi connectivity index (χ2v) is 7.49. The number of hydrogen-bond donors (Lipinski definition) is 0. The van der Waals surface area contributed by atoms with Gasteiger partial charge in [0.25, 0.3) is 5.56 Å². The zero-order valence-electron chi connectivity index (χ0n) is 16.1. The van der Waals surface area contributed by atoms with Gasteiger partial charge in [-0.25, -0.2) is 4.98 Å². The third-order valence-corrected chi connectivity index (χ3v) is 5.50. The molecule has 8 nitrogen and oxygen atoms in total. The molecule has 0 atom stereocenters. The largest absolute Gasteiger partial charge is 0.299 e. The molecular formula is C19H25N7O. The van der Waals surface area contributed by atoms with Crippen molar-refractivity contribution in [1.82, 2.24) is 34.3 Å². The molecule has 27 heavy (non-hydrogen) atoms. The molecule has 0 unspecified atom stereocenters. The summed E-state index contributed by atoms with van der Waals surface area (Å²) in [5.74, 6) is 1.38. The fourth-order valence-electron chi connectivity index (χ4n) is 3.63. The van der Waals surface area contributed by atoms with Crippen LogP contribution in [0.5, 0.6) is 0 Å². The summed E-state index contributed by atoms with van der Waals surface area (Å²) in [7, 11) is 0. The third-order valence-electron chi connectivity index (χ3n) is 5.50. The minimum Gasteiger partial charge on any atom is -0.299 e. The van der Waals surface area contributed by atoms with Gasteiger partial charge >= 0.3 is 0 Å². The van der Waals surface area contributed by atoms with Crippen molar-refractivity contribution >= 4 is 5.65 Å². The second-order valence-electron chi connectivity index (χ2n) is 7.49. The maximum atomic E-state index is 12.4. The fraction of sp³-hybridized carbons (Fsp3) is 0.526. The molecular weight excluding hydrogens is 342 g/mol. The van der Waals surface area contributed by atoms with E-state index in [0.29, 0.717) is 5.92 Å². The van der Waals surface area contributed by atoms with E-state index in [0.717, 1.165) is 67.4 Å². The highest BCUT2D eigenvalue weighted by Gasteiger charge is 2.22. The van der Waals surface area contributed by atoms with E-state index in [2.05, 4.69) is 25.2 Å². The van der Waals surface area contributed by atoms with E-state index in [1.807, 2.05) is 37.4 Å². The Hall–Kier alpha value is -2.61. The van der Waals surface area contributed by atoms with Gasteiger partial charge in [0, 0.05) is 17.8 Å². The number of piperidine rings is 1. The fourth-order valence-corrected chi connectivity index (χ4v) is 3.63. The Kier molecular flexibility index (Phi) is 4.73. The summed E-state index contributed by atoms with van der Waals surface area (Å²) < 4.78 is 3.60. The average Bonchev–Trinajstić information content (AvgIpc) is 3.06. The number of aryl methyl sites for hydroxylation is 2. The Balaban J connectivity index is 1.38. The van der Waals surface area contributed by atoms with Gasteiger partial charge in [-0.2, -0.15) is 9.61 Å². The number of aromatic nitrogens is 6. The highest BCUT2D eigenvalue weighted by Crippen LogP contribution is 2.20. The highest BCUT2D eigenvalue weighted by atomic mass is 16.1. The first-order valence-electron chi connectivity index (χ1n) is 9.44. The van der Waals surface area contributed by atoms with Gasteiger partial charge < -0.3 is 0 Å². The van der Waals surface area contributed by atoms with E-state index in [4.69, 9.17) is 0 Å². The number of fused-ring (bicyclic) bond motifs is 1. The van der Waals surface area contributed by atoms with Crippen LogP contribution in [-0.4, -0.2) is 47.4 Å². The van der Waals surface area contributed by atoms with Crippen molar-refractivity contribution < 1.29 is 0 Å². The molecule has 3 aromatic heterocycles. The average molecular weight is 367 g/mol. The van der Waals surface area contributed by atoms with Crippen LogP contribution in [0.25, 0.3) is 5.65 Å². The molecule has 1 fully saturated rings. The Morgan fingerprint density at radius 2 is 1.89 bits per heavy atom. The molecule has 1 aliphatic rings. The lowest BCUT2D eigenvalue weighted by Gasteiger charge is -2.31. The lowest BCUT2D eigenvalue weighted by Crippen LogP contribution is -2.36. The summed E-state index contributed by atoms with van der Waals surface area (Å²) in [6, 6.07) is 3.89. The zero-order valence-corrected chi connectivity index (χ0v) is 16.1. The third kappa shape index (κ3) is 3.62. The molecule has 142 valence electrons. The Labute approximate surface area is 157 Å². The molecule has 4 heterocycles. The van der Waals surface area contributed by atoms with E-state index < -0.39 is 0 Å². The van der Waals surface area contributed by atoms with Crippen LogP contribution in [0, 0.1) is 26.7 Å². The van der Waals surface area contributed by atoms with Gasteiger partial charge in [-0.05, 0) is 64.8 Å². The van der Waals surface area contributed by atoms with Crippen molar-refractivity contribution in [3.05, 3.63) is 51.6 Å². The van der Waals surface area contributed by atoms with Crippen LogP contribution in [0.2, 0.25) is 0 Å². The van der Waals surface area contributed by atoms with Gasteiger partial charge in [0.15, 0.2) is 11.5 Å². The van der Waals surface area contributed by atoms with Crippen LogP contribution < -0.4 is 5.56 Å². The molecule has 1 aliphatic heterocycles. The van der Waals surface area contributed by atoms with Gasteiger partial charge in [-0.1, -0.05) is 0 Å². The molecule has 0 N–H and O–H groups in total. The van der Waals surface area contributed by atoms with Gasteiger partial charge in [0.2, 0.25) is 0 Å². The summed E-state index contributed by atoms with van der Waals surface area (Å²) in [6.07, 6.45) is 3.80. The minimum atomic E-state index is 0.0845. The van der Waals surface area contributed by atoms with Gasteiger partial charge in [-0.3, -0.25) is 14.3 Å². The summed E-state index contributed by atoms with van der Waals surface area (Å²) >= 11 is 0. The zero-order chi connectivity index (χ0) is 19.0. The number of rotatable bonds is 4. The normalized spacial score (nSPS) is 16.3. The van der Waals surface area contributed by atoms with E-state index in [1.54, 1.807) is 10.9 Å². The van der Waals surface area contributed by atoms with Crippen molar-refractivity contribution in [2.45, 2.75) is 46.7 Å². The molecule has 0 bridgehead atoms. The second kappa shape index (κ2) is 7.19. The highest BCUT2D eigenvalue weighted by molar-refractivity contribution is 5.35. The molecule has 0 spiro atoms. The summed E-state index contributed by atoms with van der Waals surface area (Å²) in [5, 5.41) is 13.0. The maximum Gasteiger partial charge on any atom is 0.256 e. The van der Waals surface area contributed by atoms with Crippen LogP contribution in [0.15, 0.2) is 23.3 Å². The van der Waals surface area contributed by atoms with Gasteiger partial charge in [-0.15, -0.1) is 10.2 Å². The smallest absolute Gasteiger partial charge is 0.256 e. The van der Waals surface area contributed by atoms with E-state index in [-0.39, 0.29) is 5.56 Å². The topological polar surface area (TPSA) is 81.2 Å². The molecule has 4 rings (SSSR count). The molecule has 0 aliphatic carbocycles. The molecule has 0 amide bonds. The SMILES string of the molecule is Cc1ccc2nnc(CN3CCC(Cn4cnc(C)c(C)c4=O)CC3)n2n1. The number of nitrogens with zero attached hydrogens (tertiary/aromatic N) is 7. The Morgan fingerprint density at radius 1 is 1.11 bits per heavy atom. The van der Waals surface area contributed by atoms with Crippen LogP contribution in [0.3, 0.4) is 0 Å². The van der Waals surface area contributed by atoms with Crippen LogP contribution in [-0.2, 0) is 13.1 Å². The predicted molar refractivity (Wildman–Crippen MR) is 101 cm³/mol. The molecule has 3 aromatic rings. The van der Waals surface area contributed by atoms with Gasteiger partial charge in [0.1, 0.15) is 0 Å². The first-order chi connectivity index (χ1) is 13.0. The summed E-state index contributed by atoms with van der Waals surface area (Å²) in [5.41, 5.74) is 3.38. The van der Waals surface area contributed by atoms with Gasteiger partial charge in [0.05, 0.1) is 18.6 Å². The van der Waals surface area contributed by atoms with E-state index in [9.17, 15) is 4.79 Å². The van der Waals surface area contributed by atoms with Crippen molar-refractivity contribution in [3.8, 4) is 0 Å². The summed E-state index contributed by atoms with van der Waals surface area (Å²) in [4.78, 5) is 19.1. The number of likely N-dealkylation sites (tertiary alicyclic amines) is 1. The van der Waals surface area contributed by atoms with Crippen LogP contribution in [0.1, 0.15) is 35.6 Å². The van der Waals surface area contributed by atoms with Crippen molar-refractivity contribution in [3.63, 3.8) is 0 Å². The Bertz CT molecular complexity index is 1010. The standard InChI is InChI=1S/C19H25N7O/c1-13-4-5-17-21-22-18(26(17)23-13)11-24-8-6-16(7-9-24)10-25-12-20-15(3)14(2)19(25)27/h4-5,12,16H,6-11H2,1-3H3. The lowest BCUT2D eigenvalue weighted by atomic mass is 9.96. The molecule has 0 aromatic carbocycles. The van der Waals surface area contributed by atoms with Crippen molar-refractivity contribution in [1.29, 1.82) is 0 Å². The molecule has 1 saturated heterocycles. The number of hydrogen-bond acceptors (Lipinski definition) is 6. The predicted octanol–water partition coefficient (Wildman–Crippen LogP) is 1.52. The maximum absolute atomic E-state index is 12.4. The molecule has 0 saturated carbocycles. The Morgan fingerprint density at radius 3 is 2.67 bits per heavy atom. The van der Waals surface area contributed by atoms with Crippen molar-refractivity contribution in [2.24, 2.45) is 5.92 Å². The van der Waals surface area contributed by atoms with Crippen LogP contribution >= 0.6 is 0 Å². The van der Waals surface area contributed by atoms with Crippen LogP contribution in [0.4, 0.5) is 0 Å². The first-order valence-corrected chi connectivity index (χ1v) is 9.44. The molecule has 8 heteroatoms. The minimum absolute atomic E-state index is 0.0845. The van der Waals surface area contributed by atoms with E-state index in [1.165, 1.54) is 0 Å². The quantitative estimate of drug-likeness (QED) is 0.695. The van der Waals surface area contributed by atoms with Crippen molar-refractivity contribution in [2.75, 3.05) is 13.1 Å². The monoisotopic (exact) mass is 367 g/mol. The first kappa shape index (κ1) is 17.8. The van der Waals surface area contributed by atoms with E-state index >= 15 is 0 Å². The molecule has 0 radical (unpaired) electrons. The lowest BCUT2D eigenvalue weighted by molar-refractivity contribution is 0.162.